The number of nitrogen functional groups attached to an aromatic ring is 1. The second-order valence-corrected chi connectivity index (χ2v) is 8.34. The maximum Gasteiger partial charge on any atom is 0.313 e. The summed E-state index contributed by atoms with van der Waals surface area (Å²) in [5, 5.41) is 2.93. The van der Waals surface area contributed by atoms with Gasteiger partial charge in [-0.1, -0.05) is 12.8 Å². The SMILES string of the molecule is CN(C)c1nc(N)nc(COC(=O)C2(CC(=O)NC(C)(C)C)CCCC2)n1. The Morgan fingerprint density at radius 1 is 1.19 bits per heavy atom. The van der Waals surface area contributed by atoms with Crippen LogP contribution in [0, 0.1) is 5.41 Å². The van der Waals surface area contributed by atoms with Crippen LogP contribution in [0.3, 0.4) is 0 Å². The fourth-order valence-electron chi connectivity index (χ4n) is 3.25. The molecule has 1 heterocycles. The number of carbonyl (C=O) groups is 2. The lowest BCUT2D eigenvalue weighted by Crippen LogP contribution is -2.44. The van der Waals surface area contributed by atoms with Gasteiger partial charge in [0.2, 0.25) is 17.8 Å². The molecule has 0 bridgehead atoms. The molecule has 1 amide bonds. The number of anilines is 2. The molecule has 1 aromatic heterocycles. The Morgan fingerprint density at radius 3 is 2.37 bits per heavy atom. The number of esters is 1. The maximum atomic E-state index is 12.8. The van der Waals surface area contributed by atoms with Gasteiger partial charge in [-0.05, 0) is 33.6 Å². The van der Waals surface area contributed by atoms with Crippen LogP contribution in [0.1, 0.15) is 58.7 Å². The molecule has 9 nitrogen and oxygen atoms in total. The Bertz CT molecular complexity index is 693. The van der Waals surface area contributed by atoms with Gasteiger partial charge < -0.3 is 20.7 Å². The second-order valence-electron chi connectivity index (χ2n) is 8.34. The Labute approximate surface area is 160 Å². The van der Waals surface area contributed by atoms with E-state index < -0.39 is 5.41 Å². The van der Waals surface area contributed by atoms with Gasteiger partial charge in [-0.3, -0.25) is 9.59 Å². The third kappa shape index (κ3) is 5.77. The molecule has 150 valence electrons. The lowest BCUT2D eigenvalue weighted by Gasteiger charge is -2.28. The highest BCUT2D eigenvalue weighted by molar-refractivity contribution is 5.86. The molecule has 0 spiro atoms. The summed E-state index contributed by atoms with van der Waals surface area (Å²) in [5.74, 6) is 0.232. The van der Waals surface area contributed by atoms with Gasteiger partial charge >= 0.3 is 5.97 Å². The Kier molecular flexibility index (Phi) is 6.22. The summed E-state index contributed by atoms with van der Waals surface area (Å²) in [6.45, 7) is 5.64. The number of nitrogens with two attached hydrogens (primary N) is 1. The molecule has 0 atom stereocenters. The molecule has 1 aliphatic carbocycles. The van der Waals surface area contributed by atoms with Crippen molar-refractivity contribution in [2.45, 2.75) is 65.0 Å². The van der Waals surface area contributed by atoms with E-state index in [1.807, 2.05) is 20.8 Å². The fourth-order valence-corrected chi connectivity index (χ4v) is 3.25. The molecule has 9 heteroatoms. The highest BCUT2D eigenvalue weighted by Gasteiger charge is 2.44. The zero-order valence-corrected chi connectivity index (χ0v) is 16.8. The first-order valence-electron chi connectivity index (χ1n) is 9.17. The lowest BCUT2D eigenvalue weighted by molar-refractivity contribution is -0.159. The van der Waals surface area contributed by atoms with E-state index in [2.05, 4.69) is 20.3 Å². The van der Waals surface area contributed by atoms with Crippen molar-refractivity contribution in [1.29, 1.82) is 0 Å². The molecule has 2 rings (SSSR count). The normalized spacial score (nSPS) is 16.0. The van der Waals surface area contributed by atoms with E-state index >= 15 is 0 Å². The molecule has 1 aromatic rings. The summed E-state index contributed by atoms with van der Waals surface area (Å²) in [5.41, 5.74) is 4.57. The molecule has 0 aliphatic heterocycles. The highest BCUT2D eigenvalue weighted by atomic mass is 16.5. The number of aromatic nitrogens is 3. The topological polar surface area (TPSA) is 123 Å². The van der Waals surface area contributed by atoms with Crippen LogP contribution in [-0.4, -0.2) is 46.5 Å². The quantitative estimate of drug-likeness (QED) is 0.713. The van der Waals surface area contributed by atoms with Crippen LogP contribution in [0.2, 0.25) is 0 Å². The first kappa shape index (κ1) is 20.9. The number of nitrogens with one attached hydrogen (secondary N) is 1. The van der Waals surface area contributed by atoms with Crippen LogP contribution < -0.4 is 16.0 Å². The fraction of sp³-hybridized carbons (Fsp3) is 0.722. The predicted molar refractivity (Wildman–Crippen MR) is 102 cm³/mol. The van der Waals surface area contributed by atoms with Gasteiger partial charge in [-0.2, -0.15) is 15.0 Å². The molecular weight excluding hydrogens is 348 g/mol. The minimum atomic E-state index is -0.779. The Hall–Kier alpha value is -2.45. The van der Waals surface area contributed by atoms with Crippen LogP contribution in [0.25, 0.3) is 0 Å². The summed E-state index contributed by atoms with van der Waals surface area (Å²) in [4.78, 5) is 39.2. The van der Waals surface area contributed by atoms with Crippen molar-refractivity contribution in [3.8, 4) is 0 Å². The molecule has 0 aromatic carbocycles. The molecule has 3 N–H and O–H groups in total. The number of nitrogens with zero attached hydrogens (tertiary/aromatic N) is 4. The molecule has 0 unspecified atom stereocenters. The van der Waals surface area contributed by atoms with E-state index in [1.54, 1.807) is 19.0 Å². The molecule has 0 saturated heterocycles. The Morgan fingerprint density at radius 2 is 1.81 bits per heavy atom. The number of ether oxygens (including phenoxy) is 1. The van der Waals surface area contributed by atoms with Crippen LogP contribution in [0.5, 0.6) is 0 Å². The Balaban J connectivity index is 2.06. The standard InChI is InChI=1S/C18H30N6O3/c1-17(2,3)23-13(25)10-18(8-6-7-9-18)14(26)27-11-12-20-15(19)22-16(21-12)24(4)5/h6-11H2,1-5H3,(H,23,25)(H2,19,20,21,22). The first-order valence-corrected chi connectivity index (χ1v) is 9.17. The van der Waals surface area contributed by atoms with Gasteiger partial charge in [0.15, 0.2) is 12.4 Å². The van der Waals surface area contributed by atoms with Crippen LogP contribution in [0.15, 0.2) is 0 Å². The van der Waals surface area contributed by atoms with Gasteiger partial charge in [-0.25, -0.2) is 0 Å². The van der Waals surface area contributed by atoms with Crippen LogP contribution in [0.4, 0.5) is 11.9 Å². The highest BCUT2D eigenvalue weighted by Crippen LogP contribution is 2.42. The van der Waals surface area contributed by atoms with Crippen molar-refractivity contribution in [2.24, 2.45) is 5.41 Å². The summed E-state index contributed by atoms with van der Waals surface area (Å²) >= 11 is 0. The van der Waals surface area contributed by atoms with Crippen LogP contribution in [-0.2, 0) is 20.9 Å². The number of amides is 1. The lowest BCUT2D eigenvalue weighted by atomic mass is 9.82. The van der Waals surface area contributed by atoms with Gasteiger partial charge in [0, 0.05) is 26.1 Å². The summed E-state index contributed by atoms with van der Waals surface area (Å²) in [7, 11) is 3.57. The van der Waals surface area contributed by atoms with Crippen molar-refractivity contribution in [1.82, 2.24) is 20.3 Å². The monoisotopic (exact) mass is 378 g/mol. The van der Waals surface area contributed by atoms with Crippen LogP contribution >= 0.6 is 0 Å². The largest absolute Gasteiger partial charge is 0.457 e. The van der Waals surface area contributed by atoms with Gasteiger partial charge in [0.25, 0.3) is 0 Å². The van der Waals surface area contributed by atoms with Gasteiger partial charge in [0.1, 0.15) is 0 Å². The van der Waals surface area contributed by atoms with Crippen molar-refractivity contribution in [2.75, 3.05) is 24.7 Å². The maximum absolute atomic E-state index is 12.8. The summed E-state index contributed by atoms with van der Waals surface area (Å²) in [6.07, 6.45) is 3.23. The average molecular weight is 378 g/mol. The minimum Gasteiger partial charge on any atom is -0.457 e. The smallest absolute Gasteiger partial charge is 0.313 e. The van der Waals surface area contributed by atoms with E-state index in [1.165, 1.54) is 0 Å². The zero-order valence-electron chi connectivity index (χ0n) is 16.8. The second kappa shape index (κ2) is 8.06. The van der Waals surface area contributed by atoms with Crippen molar-refractivity contribution >= 4 is 23.8 Å². The first-order chi connectivity index (χ1) is 12.5. The van der Waals surface area contributed by atoms with Gasteiger partial charge in [0.05, 0.1) is 5.41 Å². The van der Waals surface area contributed by atoms with E-state index in [9.17, 15) is 9.59 Å². The van der Waals surface area contributed by atoms with E-state index in [-0.39, 0.29) is 42.2 Å². The predicted octanol–water partition coefficient (Wildman–Crippen LogP) is 1.43. The summed E-state index contributed by atoms with van der Waals surface area (Å²) < 4.78 is 5.49. The molecule has 1 aliphatic rings. The number of rotatable bonds is 6. The molecule has 27 heavy (non-hydrogen) atoms. The van der Waals surface area contributed by atoms with Gasteiger partial charge in [-0.15, -0.1) is 0 Å². The number of hydrogen-bond acceptors (Lipinski definition) is 8. The molecule has 0 radical (unpaired) electrons. The van der Waals surface area contributed by atoms with Crippen molar-refractivity contribution in [3.05, 3.63) is 5.82 Å². The average Bonchev–Trinajstić information content (AvgIpc) is 2.99. The van der Waals surface area contributed by atoms with Crippen molar-refractivity contribution in [3.63, 3.8) is 0 Å². The van der Waals surface area contributed by atoms with E-state index in [0.717, 1.165) is 12.8 Å². The molecule has 1 fully saturated rings. The third-order valence-corrected chi connectivity index (χ3v) is 4.43. The van der Waals surface area contributed by atoms with E-state index in [4.69, 9.17) is 10.5 Å². The molecule has 1 saturated carbocycles. The summed E-state index contributed by atoms with van der Waals surface area (Å²) in [6, 6.07) is 0. The van der Waals surface area contributed by atoms with E-state index in [0.29, 0.717) is 18.8 Å². The van der Waals surface area contributed by atoms with Crippen molar-refractivity contribution < 1.29 is 14.3 Å². The minimum absolute atomic E-state index is 0.0693. The third-order valence-electron chi connectivity index (χ3n) is 4.43. The zero-order chi connectivity index (χ0) is 20.2. The molecular formula is C18H30N6O3. The number of carbonyl (C=O) groups excluding carboxylic acids is 2. The number of hydrogen-bond donors (Lipinski definition) is 2.